The third kappa shape index (κ3) is 4.97. The summed E-state index contributed by atoms with van der Waals surface area (Å²) < 4.78 is 7.67. The van der Waals surface area contributed by atoms with Crippen molar-refractivity contribution in [2.24, 2.45) is 0 Å². The summed E-state index contributed by atoms with van der Waals surface area (Å²) in [5.41, 5.74) is 2.59. The zero-order chi connectivity index (χ0) is 25.1. The number of halogens is 2. The van der Waals surface area contributed by atoms with Crippen LogP contribution in [0.3, 0.4) is 0 Å². The van der Waals surface area contributed by atoms with Crippen LogP contribution in [0.25, 0.3) is 22.4 Å². The van der Waals surface area contributed by atoms with E-state index in [0.717, 1.165) is 5.56 Å². The lowest BCUT2D eigenvalue weighted by Gasteiger charge is -2.21. The first-order chi connectivity index (χ1) is 16.8. The lowest BCUT2D eigenvalue weighted by atomic mass is 9.96. The van der Waals surface area contributed by atoms with Gasteiger partial charge in [0.15, 0.2) is 0 Å². The lowest BCUT2D eigenvalue weighted by molar-refractivity contribution is 0.0695. The molecule has 7 heteroatoms. The molecule has 1 aromatic heterocycles. The molecule has 0 fully saturated rings. The Bertz CT molecular complexity index is 1450. The van der Waals surface area contributed by atoms with Gasteiger partial charge >= 0.3 is 5.97 Å². The fourth-order valence-corrected chi connectivity index (χ4v) is 4.47. The predicted octanol–water partition coefficient (Wildman–Crippen LogP) is 7.09. The van der Waals surface area contributed by atoms with E-state index in [2.05, 4.69) is 0 Å². The van der Waals surface area contributed by atoms with Gasteiger partial charge in [0.05, 0.1) is 15.7 Å². The quantitative estimate of drug-likeness (QED) is 0.289. The van der Waals surface area contributed by atoms with E-state index in [4.69, 9.17) is 27.9 Å². The maximum Gasteiger partial charge on any atom is 0.341 e. The summed E-state index contributed by atoms with van der Waals surface area (Å²) in [6.07, 6.45) is 0. The first-order valence-electron chi connectivity index (χ1n) is 11.0. The van der Waals surface area contributed by atoms with Crippen LogP contribution in [0.15, 0.2) is 77.6 Å². The van der Waals surface area contributed by atoms with Crippen molar-refractivity contribution < 1.29 is 14.6 Å². The Balaban J connectivity index is 1.80. The van der Waals surface area contributed by atoms with E-state index in [-0.39, 0.29) is 10.6 Å². The first-order valence-corrected chi connectivity index (χ1v) is 11.8. The Kier molecular flexibility index (Phi) is 7.29. The minimum atomic E-state index is -1.30. The zero-order valence-corrected chi connectivity index (χ0v) is 20.7. The van der Waals surface area contributed by atoms with Crippen LogP contribution in [0.1, 0.15) is 28.5 Å². The van der Waals surface area contributed by atoms with Crippen LogP contribution in [0.5, 0.6) is 5.75 Å². The molecule has 0 aliphatic carbocycles. The average molecular weight is 508 g/mol. The Morgan fingerprint density at radius 1 is 0.943 bits per heavy atom. The highest BCUT2D eigenvalue weighted by Crippen LogP contribution is 2.33. The molecule has 5 nitrogen and oxygen atoms in total. The third-order valence-corrected chi connectivity index (χ3v) is 6.58. The summed E-state index contributed by atoms with van der Waals surface area (Å²) in [7, 11) is 0. The molecule has 0 atom stereocenters. The van der Waals surface area contributed by atoms with Gasteiger partial charge in [-0.05, 0) is 49.2 Å². The second-order valence-electron chi connectivity index (χ2n) is 7.99. The van der Waals surface area contributed by atoms with E-state index in [1.165, 1.54) is 0 Å². The van der Waals surface area contributed by atoms with Gasteiger partial charge in [-0.3, -0.25) is 4.79 Å². The standard InChI is InChI=1S/C28H23Cl2NO4/c1-3-31-17(2)24(19-9-12-21(13-10-19)35-16-18-7-5-4-6-8-18)27(32)25(28(33)34)26(31)20-11-14-22(29)23(30)15-20/h4-15H,3,16H2,1-2H3,(H,33,34). The van der Waals surface area contributed by atoms with E-state index in [0.29, 0.717) is 52.0 Å². The van der Waals surface area contributed by atoms with Gasteiger partial charge in [-0.15, -0.1) is 0 Å². The van der Waals surface area contributed by atoms with Gasteiger partial charge in [0, 0.05) is 23.4 Å². The van der Waals surface area contributed by atoms with Gasteiger partial charge < -0.3 is 14.4 Å². The van der Waals surface area contributed by atoms with E-state index in [9.17, 15) is 14.7 Å². The predicted molar refractivity (Wildman–Crippen MR) is 140 cm³/mol. The van der Waals surface area contributed by atoms with Crippen LogP contribution in [-0.4, -0.2) is 15.6 Å². The van der Waals surface area contributed by atoms with Crippen molar-refractivity contribution in [3.8, 4) is 28.1 Å². The van der Waals surface area contributed by atoms with Crippen LogP contribution in [0.2, 0.25) is 10.0 Å². The molecule has 1 heterocycles. The molecule has 3 aromatic carbocycles. The number of hydrogen-bond acceptors (Lipinski definition) is 3. The number of hydrogen-bond donors (Lipinski definition) is 1. The summed E-state index contributed by atoms with van der Waals surface area (Å²) in [4.78, 5) is 25.9. The number of benzene rings is 3. The largest absolute Gasteiger partial charge is 0.489 e. The number of rotatable bonds is 7. The highest BCUT2D eigenvalue weighted by molar-refractivity contribution is 6.42. The molecule has 178 valence electrons. The summed E-state index contributed by atoms with van der Waals surface area (Å²) in [6, 6.07) is 21.7. The number of nitrogens with zero attached hydrogens (tertiary/aromatic N) is 1. The monoisotopic (exact) mass is 507 g/mol. The van der Waals surface area contributed by atoms with Crippen LogP contribution in [0, 0.1) is 6.92 Å². The minimum Gasteiger partial charge on any atom is -0.489 e. The number of carboxylic acids is 1. The third-order valence-electron chi connectivity index (χ3n) is 5.84. The summed E-state index contributed by atoms with van der Waals surface area (Å²) in [5.74, 6) is -0.653. The maximum absolute atomic E-state index is 13.6. The van der Waals surface area contributed by atoms with Crippen molar-refractivity contribution in [1.29, 1.82) is 0 Å². The second-order valence-corrected chi connectivity index (χ2v) is 8.80. The number of carboxylic acid groups (broad SMARTS) is 1. The van der Waals surface area contributed by atoms with Crippen molar-refractivity contribution in [3.63, 3.8) is 0 Å². The average Bonchev–Trinajstić information content (AvgIpc) is 2.85. The van der Waals surface area contributed by atoms with Crippen molar-refractivity contribution in [1.82, 2.24) is 4.57 Å². The molecule has 35 heavy (non-hydrogen) atoms. The van der Waals surface area contributed by atoms with Gasteiger partial charge in [0.1, 0.15) is 17.9 Å². The van der Waals surface area contributed by atoms with Crippen LogP contribution in [0.4, 0.5) is 0 Å². The number of pyridine rings is 1. The summed E-state index contributed by atoms with van der Waals surface area (Å²) >= 11 is 12.3. The van der Waals surface area contributed by atoms with Gasteiger partial charge in [-0.1, -0.05) is 71.7 Å². The molecule has 0 aliphatic heterocycles. The maximum atomic E-state index is 13.6. The minimum absolute atomic E-state index is 0.281. The highest BCUT2D eigenvalue weighted by Gasteiger charge is 2.25. The van der Waals surface area contributed by atoms with E-state index in [1.807, 2.05) is 48.7 Å². The molecule has 4 aromatic rings. The Morgan fingerprint density at radius 2 is 1.60 bits per heavy atom. The fraction of sp³-hybridized carbons (Fsp3) is 0.143. The van der Waals surface area contributed by atoms with Gasteiger partial charge in [-0.25, -0.2) is 4.79 Å². The van der Waals surface area contributed by atoms with Crippen LogP contribution < -0.4 is 10.2 Å². The smallest absolute Gasteiger partial charge is 0.341 e. The topological polar surface area (TPSA) is 68.5 Å². The normalized spacial score (nSPS) is 10.9. The summed E-state index contributed by atoms with van der Waals surface area (Å²) in [5, 5.41) is 10.7. The second kappa shape index (κ2) is 10.4. The molecule has 0 bridgehead atoms. The van der Waals surface area contributed by atoms with Gasteiger partial charge in [0.25, 0.3) is 0 Å². The van der Waals surface area contributed by atoms with E-state index in [1.54, 1.807) is 42.5 Å². The molecule has 0 amide bonds. The van der Waals surface area contributed by atoms with Crippen LogP contribution in [-0.2, 0) is 13.2 Å². The van der Waals surface area contributed by atoms with Gasteiger partial charge in [0.2, 0.25) is 5.43 Å². The number of aromatic carboxylic acids is 1. The highest BCUT2D eigenvalue weighted by atomic mass is 35.5. The Labute approximate surface area is 213 Å². The number of ether oxygens (including phenoxy) is 1. The molecule has 0 spiro atoms. The number of carbonyl (C=O) groups is 1. The first kappa shape index (κ1) is 24.6. The lowest BCUT2D eigenvalue weighted by Crippen LogP contribution is -2.25. The SMILES string of the molecule is CCn1c(C)c(-c2ccc(OCc3ccccc3)cc2)c(=O)c(C(=O)O)c1-c1ccc(Cl)c(Cl)c1. The van der Waals surface area contributed by atoms with E-state index >= 15 is 0 Å². The van der Waals surface area contributed by atoms with Crippen molar-refractivity contribution in [3.05, 3.63) is 110 Å². The molecular weight excluding hydrogens is 485 g/mol. The molecule has 0 saturated carbocycles. The Hall–Kier alpha value is -3.54. The Morgan fingerprint density at radius 3 is 2.20 bits per heavy atom. The molecule has 4 rings (SSSR count). The van der Waals surface area contributed by atoms with Crippen molar-refractivity contribution in [2.75, 3.05) is 0 Å². The van der Waals surface area contributed by atoms with E-state index < -0.39 is 11.4 Å². The molecule has 0 aliphatic rings. The van der Waals surface area contributed by atoms with Gasteiger partial charge in [-0.2, -0.15) is 0 Å². The molecule has 1 N–H and O–H groups in total. The van der Waals surface area contributed by atoms with Crippen LogP contribution >= 0.6 is 23.2 Å². The molecular formula is C28H23Cl2NO4. The number of aromatic nitrogens is 1. The fourth-order valence-electron chi connectivity index (χ4n) is 4.17. The zero-order valence-electron chi connectivity index (χ0n) is 19.2. The van der Waals surface area contributed by atoms with Crippen molar-refractivity contribution in [2.45, 2.75) is 27.0 Å². The summed E-state index contributed by atoms with van der Waals surface area (Å²) in [6.45, 7) is 4.58. The molecule has 0 saturated heterocycles. The molecule has 0 radical (unpaired) electrons. The van der Waals surface area contributed by atoms with Crippen molar-refractivity contribution >= 4 is 29.2 Å². The molecule has 0 unspecified atom stereocenters.